The number of sulfone groups is 1. The molecule has 1 unspecified atom stereocenters. The Bertz CT molecular complexity index is 979. The molecular formula is C16H21ClN4O3S2. The molecule has 3 rings (SSSR count). The minimum absolute atomic E-state index is 0.0936. The SMILES string of the molecule is CC(C)(C)S(=O)N=Cc1cc(Cl)c2cncn2c1N1CCS(=O)(=O)CC1. The summed E-state index contributed by atoms with van der Waals surface area (Å²) in [7, 11) is -4.41. The largest absolute Gasteiger partial charge is 0.355 e. The number of hydrogen-bond donors (Lipinski definition) is 0. The molecule has 1 aliphatic rings. The smallest absolute Gasteiger partial charge is 0.153 e. The van der Waals surface area contributed by atoms with Crippen LogP contribution in [0.4, 0.5) is 5.82 Å². The molecule has 0 aliphatic carbocycles. The summed E-state index contributed by atoms with van der Waals surface area (Å²) in [5.41, 5.74) is 1.40. The van der Waals surface area contributed by atoms with Gasteiger partial charge in [-0.25, -0.2) is 17.6 Å². The van der Waals surface area contributed by atoms with Crippen LogP contribution in [0.2, 0.25) is 5.02 Å². The molecule has 10 heteroatoms. The number of nitrogens with zero attached hydrogens (tertiary/aromatic N) is 4. The minimum Gasteiger partial charge on any atom is -0.355 e. The molecule has 0 amide bonds. The Morgan fingerprint density at radius 1 is 1.31 bits per heavy atom. The zero-order valence-electron chi connectivity index (χ0n) is 14.8. The summed E-state index contributed by atoms with van der Waals surface area (Å²) < 4.78 is 41.4. The van der Waals surface area contributed by atoms with Crippen molar-refractivity contribution in [2.45, 2.75) is 25.5 Å². The van der Waals surface area contributed by atoms with E-state index in [9.17, 15) is 12.6 Å². The third-order valence-electron chi connectivity index (χ3n) is 4.11. The van der Waals surface area contributed by atoms with Gasteiger partial charge in [-0.05, 0) is 26.8 Å². The molecule has 1 saturated heterocycles. The fourth-order valence-electron chi connectivity index (χ4n) is 2.67. The zero-order valence-corrected chi connectivity index (χ0v) is 17.2. The molecule has 0 radical (unpaired) electrons. The van der Waals surface area contributed by atoms with E-state index >= 15 is 0 Å². The maximum atomic E-state index is 12.3. The number of fused-ring (bicyclic) bond motifs is 1. The number of anilines is 1. The highest BCUT2D eigenvalue weighted by molar-refractivity contribution is 7.91. The van der Waals surface area contributed by atoms with E-state index in [1.54, 1.807) is 24.8 Å². The van der Waals surface area contributed by atoms with Crippen LogP contribution in [0.5, 0.6) is 0 Å². The Hall–Kier alpha value is -1.45. The van der Waals surface area contributed by atoms with E-state index in [-0.39, 0.29) is 11.5 Å². The first-order valence-electron chi connectivity index (χ1n) is 8.14. The molecule has 1 atom stereocenters. The number of rotatable bonds is 3. The van der Waals surface area contributed by atoms with Gasteiger partial charge in [-0.1, -0.05) is 11.6 Å². The molecule has 2 aromatic heterocycles. The second-order valence-electron chi connectivity index (χ2n) is 7.16. The number of pyridine rings is 1. The van der Waals surface area contributed by atoms with E-state index in [4.69, 9.17) is 11.6 Å². The van der Waals surface area contributed by atoms with Gasteiger partial charge in [-0.3, -0.25) is 4.40 Å². The highest BCUT2D eigenvalue weighted by Gasteiger charge is 2.26. The Morgan fingerprint density at radius 3 is 2.58 bits per heavy atom. The van der Waals surface area contributed by atoms with Gasteiger partial charge in [-0.15, -0.1) is 0 Å². The molecule has 1 aliphatic heterocycles. The standard InChI is InChI=1S/C16H21ClN4O3S2/c1-16(2,3)25(22)19-9-12-8-13(17)14-10-18-11-21(14)15(12)20-4-6-26(23,24)7-5-20/h8-11H,4-7H2,1-3H3. The van der Waals surface area contributed by atoms with E-state index in [0.29, 0.717) is 23.7 Å². The van der Waals surface area contributed by atoms with Crippen LogP contribution in [0, 0.1) is 0 Å². The van der Waals surface area contributed by atoms with Gasteiger partial charge in [-0.2, -0.15) is 4.40 Å². The third kappa shape index (κ3) is 3.94. The van der Waals surface area contributed by atoms with Crippen molar-refractivity contribution in [3.63, 3.8) is 0 Å². The Kier molecular flexibility index (Phi) is 5.15. The van der Waals surface area contributed by atoms with Crippen LogP contribution in [0.25, 0.3) is 5.52 Å². The molecule has 26 heavy (non-hydrogen) atoms. The van der Waals surface area contributed by atoms with Crippen LogP contribution in [0.15, 0.2) is 23.0 Å². The molecule has 0 saturated carbocycles. The molecular weight excluding hydrogens is 396 g/mol. The first-order valence-corrected chi connectivity index (χ1v) is 11.4. The van der Waals surface area contributed by atoms with Gasteiger partial charge in [0.05, 0.1) is 33.0 Å². The normalized spacial score (nSPS) is 19.3. The lowest BCUT2D eigenvalue weighted by molar-refractivity contribution is 0.586. The minimum atomic E-state index is -3.00. The predicted octanol–water partition coefficient (Wildman–Crippen LogP) is 2.10. The number of aromatic nitrogens is 2. The molecule has 0 N–H and O–H groups in total. The predicted molar refractivity (Wildman–Crippen MR) is 107 cm³/mol. The van der Waals surface area contributed by atoms with Crippen LogP contribution >= 0.6 is 11.6 Å². The maximum absolute atomic E-state index is 12.3. The summed E-state index contributed by atoms with van der Waals surface area (Å²) in [4.78, 5) is 6.13. The Labute approximate surface area is 160 Å². The molecule has 1 fully saturated rings. The van der Waals surface area contributed by atoms with Crippen molar-refractivity contribution in [3.8, 4) is 0 Å². The summed E-state index contributed by atoms with van der Waals surface area (Å²) in [6, 6.07) is 1.75. The summed E-state index contributed by atoms with van der Waals surface area (Å²) >= 11 is 6.35. The lowest BCUT2D eigenvalue weighted by Crippen LogP contribution is -2.41. The second kappa shape index (κ2) is 6.94. The number of hydrogen-bond acceptors (Lipinski definition) is 5. The zero-order chi connectivity index (χ0) is 19.1. The lowest BCUT2D eigenvalue weighted by Gasteiger charge is -2.30. The van der Waals surface area contributed by atoms with Crippen LogP contribution in [-0.4, -0.2) is 57.6 Å². The average Bonchev–Trinajstić information content (AvgIpc) is 3.02. The van der Waals surface area contributed by atoms with Gasteiger partial charge in [0, 0.05) is 24.9 Å². The van der Waals surface area contributed by atoms with Gasteiger partial charge in [0.1, 0.15) is 23.1 Å². The van der Waals surface area contributed by atoms with Crippen molar-refractivity contribution in [2.24, 2.45) is 4.40 Å². The number of imidazole rings is 1. The van der Waals surface area contributed by atoms with E-state index in [1.807, 2.05) is 30.1 Å². The van der Waals surface area contributed by atoms with Crippen molar-refractivity contribution < 1.29 is 12.6 Å². The first kappa shape index (κ1) is 19.3. The summed E-state index contributed by atoms with van der Waals surface area (Å²) in [5, 5.41) is 0.499. The van der Waals surface area contributed by atoms with Gasteiger partial charge in [0.2, 0.25) is 0 Å². The highest BCUT2D eigenvalue weighted by atomic mass is 35.5. The van der Waals surface area contributed by atoms with Crippen molar-refractivity contribution in [1.29, 1.82) is 0 Å². The Morgan fingerprint density at radius 2 is 1.96 bits per heavy atom. The van der Waals surface area contributed by atoms with Crippen molar-refractivity contribution in [3.05, 3.63) is 29.2 Å². The number of halogens is 1. The fourth-order valence-corrected chi connectivity index (χ4v) is 4.66. The van der Waals surface area contributed by atoms with Crippen molar-refractivity contribution in [1.82, 2.24) is 9.38 Å². The molecule has 0 aromatic carbocycles. The van der Waals surface area contributed by atoms with Gasteiger partial charge in [0.25, 0.3) is 0 Å². The third-order valence-corrected chi connectivity index (χ3v) is 7.36. The summed E-state index contributed by atoms with van der Waals surface area (Å²) in [6.07, 6.45) is 4.84. The lowest BCUT2D eigenvalue weighted by atomic mass is 10.2. The molecule has 3 heterocycles. The molecule has 0 spiro atoms. The topological polar surface area (TPSA) is 84.1 Å². The van der Waals surface area contributed by atoms with E-state index in [1.165, 1.54) is 0 Å². The van der Waals surface area contributed by atoms with Crippen LogP contribution < -0.4 is 4.90 Å². The van der Waals surface area contributed by atoms with E-state index in [0.717, 1.165) is 11.3 Å². The maximum Gasteiger partial charge on any atom is 0.153 e. The van der Waals surface area contributed by atoms with E-state index < -0.39 is 25.6 Å². The second-order valence-corrected chi connectivity index (χ2v) is 11.8. The van der Waals surface area contributed by atoms with Gasteiger partial charge >= 0.3 is 0 Å². The Balaban J connectivity index is 2.08. The first-order chi connectivity index (χ1) is 12.1. The highest BCUT2D eigenvalue weighted by Crippen LogP contribution is 2.29. The van der Waals surface area contributed by atoms with Crippen molar-refractivity contribution >= 4 is 50.0 Å². The van der Waals surface area contributed by atoms with E-state index in [2.05, 4.69) is 9.38 Å². The molecule has 142 valence electrons. The van der Waals surface area contributed by atoms with Crippen LogP contribution in [0.1, 0.15) is 26.3 Å². The summed E-state index contributed by atoms with van der Waals surface area (Å²) in [5.74, 6) is 0.943. The monoisotopic (exact) mass is 416 g/mol. The average molecular weight is 417 g/mol. The molecule has 7 nitrogen and oxygen atoms in total. The van der Waals surface area contributed by atoms with Crippen molar-refractivity contribution in [2.75, 3.05) is 29.5 Å². The quantitative estimate of drug-likeness (QED) is 0.715. The van der Waals surface area contributed by atoms with Gasteiger partial charge < -0.3 is 4.90 Å². The molecule has 0 bridgehead atoms. The summed E-state index contributed by atoms with van der Waals surface area (Å²) in [6.45, 7) is 6.30. The van der Waals surface area contributed by atoms with Crippen LogP contribution in [-0.2, 0) is 20.8 Å². The van der Waals surface area contributed by atoms with Crippen LogP contribution in [0.3, 0.4) is 0 Å². The molecule has 2 aromatic rings. The fraction of sp³-hybridized carbons (Fsp3) is 0.500. The van der Waals surface area contributed by atoms with Gasteiger partial charge in [0.15, 0.2) is 9.84 Å².